The molecule has 1 aromatic heterocycles. The van der Waals surface area contributed by atoms with E-state index in [1.807, 2.05) is 0 Å². The molecule has 0 spiro atoms. The molecule has 12 heteroatoms. The van der Waals surface area contributed by atoms with E-state index in [1.165, 1.54) is 0 Å². The van der Waals surface area contributed by atoms with Crippen LogP contribution in [0.2, 0.25) is 32.2 Å². The van der Waals surface area contributed by atoms with Gasteiger partial charge in [-0.05, 0) is 49.7 Å². The number of carbonyl (C=O) groups is 1. The first-order chi connectivity index (χ1) is 12.1. The van der Waals surface area contributed by atoms with Crippen molar-refractivity contribution in [2.75, 3.05) is 11.9 Å². The molecule has 0 bridgehead atoms. The van der Waals surface area contributed by atoms with Gasteiger partial charge in [-0.1, -0.05) is 16.9 Å². The van der Waals surface area contributed by atoms with Gasteiger partial charge in [-0.15, -0.1) is 0 Å². The highest BCUT2D eigenvalue weighted by atomic mass is 32.2. The zero-order valence-electron chi connectivity index (χ0n) is 15.6. The molecule has 144 valence electrons. The number of rotatable bonds is 11. The average molecular weight is 415 g/mol. The van der Waals surface area contributed by atoms with Gasteiger partial charge in [0.15, 0.2) is 21.8 Å². The molecule has 1 aromatic rings. The predicted molar refractivity (Wildman–Crippen MR) is 107 cm³/mol. The fraction of sp³-hybridized carbons (Fsp3) is 0.643. The molecular formula is C14H26N6O3SSi2. The summed E-state index contributed by atoms with van der Waals surface area (Å²) in [6.45, 7) is 9.42. The van der Waals surface area contributed by atoms with E-state index in [0.717, 1.165) is 23.4 Å². The van der Waals surface area contributed by atoms with Gasteiger partial charge in [0.05, 0.1) is 6.54 Å². The van der Waals surface area contributed by atoms with Gasteiger partial charge in [0.25, 0.3) is 0 Å². The minimum Gasteiger partial charge on any atom is -0.465 e. The maximum Gasteiger partial charge on any atom is 0.404 e. The maximum absolute atomic E-state index is 10.5. The summed E-state index contributed by atoms with van der Waals surface area (Å²) in [5.41, 5.74) is 9.10. The number of azide groups is 1. The summed E-state index contributed by atoms with van der Waals surface area (Å²) in [7, 11) is -3.74. The van der Waals surface area contributed by atoms with E-state index in [-0.39, 0.29) is 6.54 Å². The number of thioether (sulfide) groups is 1. The highest BCUT2D eigenvalue weighted by Crippen LogP contribution is 2.25. The van der Waals surface area contributed by atoms with Crippen LogP contribution < -0.4 is 5.32 Å². The Morgan fingerprint density at radius 1 is 1.35 bits per heavy atom. The molecule has 0 aliphatic carbocycles. The first-order valence-electron chi connectivity index (χ1n) is 8.25. The SMILES string of the molecule is C[Si](C)(CCCNC(=O)O)O[Si](C)(C)CSc1ncc(CN=[N+]=[N-])cn1. The highest BCUT2D eigenvalue weighted by molar-refractivity contribution is 8.00. The third-order valence-electron chi connectivity index (χ3n) is 3.33. The molecule has 0 aliphatic rings. The normalized spacial score (nSPS) is 11.7. The van der Waals surface area contributed by atoms with E-state index in [9.17, 15) is 4.79 Å². The number of carboxylic acid groups (broad SMARTS) is 1. The van der Waals surface area contributed by atoms with Gasteiger partial charge < -0.3 is 14.5 Å². The van der Waals surface area contributed by atoms with Crippen LogP contribution in [0.25, 0.3) is 10.4 Å². The van der Waals surface area contributed by atoms with Crippen molar-refractivity contribution in [1.29, 1.82) is 0 Å². The first kappa shape index (κ1) is 22.4. The van der Waals surface area contributed by atoms with Gasteiger partial charge in [-0.25, -0.2) is 14.8 Å². The van der Waals surface area contributed by atoms with Crippen molar-refractivity contribution in [3.63, 3.8) is 0 Å². The summed E-state index contributed by atoms with van der Waals surface area (Å²) in [4.78, 5) is 21.8. The van der Waals surface area contributed by atoms with Crippen molar-refractivity contribution >= 4 is 34.5 Å². The highest BCUT2D eigenvalue weighted by Gasteiger charge is 2.33. The van der Waals surface area contributed by atoms with E-state index in [0.29, 0.717) is 11.7 Å². The molecule has 9 nitrogen and oxygen atoms in total. The Bertz CT molecular complexity index is 638. The molecule has 26 heavy (non-hydrogen) atoms. The number of hydrogen-bond donors (Lipinski definition) is 2. The lowest BCUT2D eigenvalue weighted by Crippen LogP contribution is -2.46. The van der Waals surface area contributed by atoms with Crippen LogP contribution >= 0.6 is 11.8 Å². The molecule has 0 aliphatic heterocycles. The monoisotopic (exact) mass is 414 g/mol. The minimum atomic E-state index is -1.90. The van der Waals surface area contributed by atoms with Gasteiger partial charge in [-0.3, -0.25) is 0 Å². The lowest BCUT2D eigenvalue weighted by Gasteiger charge is -2.33. The maximum atomic E-state index is 10.5. The van der Waals surface area contributed by atoms with Crippen molar-refractivity contribution in [2.24, 2.45) is 5.11 Å². The molecular weight excluding hydrogens is 388 g/mol. The van der Waals surface area contributed by atoms with Crippen LogP contribution in [-0.4, -0.2) is 49.7 Å². The first-order valence-corrected chi connectivity index (χ1v) is 15.5. The molecule has 1 rings (SSSR count). The van der Waals surface area contributed by atoms with Crippen LogP contribution in [0.15, 0.2) is 22.7 Å². The van der Waals surface area contributed by atoms with Gasteiger partial charge in [0, 0.05) is 29.2 Å². The van der Waals surface area contributed by atoms with Crippen molar-refractivity contribution in [3.05, 3.63) is 28.4 Å². The number of nitrogens with one attached hydrogen (secondary N) is 1. The van der Waals surface area contributed by atoms with Crippen LogP contribution in [0.3, 0.4) is 0 Å². The molecule has 0 unspecified atom stereocenters. The summed E-state index contributed by atoms with van der Waals surface area (Å²) < 4.78 is 6.50. The van der Waals surface area contributed by atoms with E-state index in [2.05, 4.69) is 51.5 Å². The van der Waals surface area contributed by atoms with Crippen LogP contribution in [0.5, 0.6) is 0 Å². The molecule has 0 saturated heterocycles. The largest absolute Gasteiger partial charge is 0.465 e. The zero-order chi connectivity index (χ0) is 19.6. The lowest BCUT2D eigenvalue weighted by atomic mass is 10.4. The Kier molecular flexibility index (Phi) is 9.09. The van der Waals surface area contributed by atoms with Crippen LogP contribution in [0.1, 0.15) is 12.0 Å². The summed E-state index contributed by atoms with van der Waals surface area (Å²) in [6.07, 6.45) is 3.15. The molecule has 0 fully saturated rings. The van der Waals surface area contributed by atoms with E-state index in [1.54, 1.807) is 24.2 Å². The van der Waals surface area contributed by atoms with Gasteiger partial charge in [0.2, 0.25) is 0 Å². The van der Waals surface area contributed by atoms with Gasteiger partial charge in [-0.2, -0.15) is 0 Å². The number of hydrogen-bond acceptors (Lipinski definition) is 6. The molecule has 1 heterocycles. The fourth-order valence-electron chi connectivity index (χ4n) is 2.39. The molecule has 0 atom stereocenters. The van der Waals surface area contributed by atoms with Crippen molar-refractivity contribution in [3.8, 4) is 0 Å². The number of amides is 1. The number of nitrogens with zero attached hydrogens (tertiary/aromatic N) is 5. The topological polar surface area (TPSA) is 133 Å². The molecule has 0 saturated carbocycles. The number of aromatic nitrogens is 2. The molecule has 0 radical (unpaired) electrons. The quantitative estimate of drug-likeness (QED) is 0.107. The second-order valence-electron chi connectivity index (χ2n) is 7.01. The van der Waals surface area contributed by atoms with Gasteiger partial charge in [0.1, 0.15) is 0 Å². The minimum absolute atomic E-state index is 0.251. The third-order valence-corrected chi connectivity index (χ3v) is 13.1. The Labute approximate surface area is 159 Å². The second-order valence-corrected chi connectivity index (χ2v) is 17.2. The Morgan fingerprint density at radius 3 is 2.58 bits per heavy atom. The zero-order valence-corrected chi connectivity index (χ0v) is 18.4. The Balaban J connectivity index is 2.46. The van der Waals surface area contributed by atoms with Crippen LogP contribution in [0, 0.1) is 0 Å². The molecule has 0 aromatic carbocycles. The fourth-order valence-corrected chi connectivity index (χ4v) is 12.7. The summed E-state index contributed by atoms with van der Waals surface area (Å²) >= 11 is 1.58. The molecule has 2 N–H and O–H groups in total. The van der Waals surface area contributed by atoms with E-state index >= 15 is 0 Å². The summed E-state index contributed by atoms with van der Waals surface area (Å²) in [5.74, 6) is 0. The predicted octanol–water partition coefficient (Wildman–Crippen LogP) is 4.00. The lowest BCUT2D eigenvalue weighted by molar-refractivity contribution is 0.194. The van der Waals surface area contributed by atoms with Gasteiger partial charge >= 0.3 is 6.09 Å². The smallest absolute Gasteiger partial charge is 0.404 e. The Morgan fingerprint density at radius 2 is 2.00 bits per heavy atom. The van der Waals surface area contributed by atoms with Crippen molar-refractivity contribution in [1.82, 2.24) is 15.3 Å². The summed E-state index contributed by atoms with van der Waals surface area (Å²) in [6, 6.07) is 0.916. The van der Waals surface area contributed by atoms with E-state index < -0.39 is 22.7 Å². The Hall–Kier alpha value is -1.60. The molecule has 1 amide bonds. The van der Waals surface area contributed by atoms with Crippen molar-refractivity contribution < 1.29 is 14.0 Å². The third kappa shape index (κ3) is 9.77. The second kappa shape index (κ2) is 10.5. The summed E-state index contributed by atoms with van der Waals surface area (Å²) in [5, 5.41) is 16.0. The van der Waals surface area contributed by atoms with Crippen LogP contribution in [0.4, 0.5) is 4.79 Å². The standard InChI is InChI=1S/C14H26N6O3SSi2/c1-25(2,7-5-6-16-14(21)22)23-26(3,4)11-24-13-17-8-12(9-18-13)10-19-20-15/h8-9,16H,5-7,10-11H2,1-4H3,(H,21,22). The van der Waals surface area contributed by atoms with E-state index in [4.69, 9.17) is 14.8 Å². The average Bonchev–Trinajstić information content (AvgIpc) is 2.55. The van der Waals surface area contributed by atoms with Crippen LogP contribution in [-0.2, 0) is 10.7 Å². The van der Waals surface area contributed by atoms with Crippen molar-refractivity contribution in [2.45, 2.75) is 50.4 Å².